The molecule has 0 aliphatic heterocycles. The molecule has 0 aliphatic carbocycles. The van der Waals surface area contributed by atoms with E-state index < -0.39 is 0 Å². The second-order valence-electron chi connectivity index (χ2n) is 3.75. The van der Waals surface area contributed by atoms with Crippen LogP contribution in [-0.4, -0.2) is 17.1 Å². The van der Waals surface area contributed by atoms with Crippen molar-refractivity contribution >= 4 is 34.8 Å². The summed E-state index contributed by atoms with van der Waals surface area (Å²) in [4.78, 5) is 8.11. The summed E-state index contributed by atoms with van der Waals surface area (Å²) in [6, 6.07) is 5.24. The second kappa shape index (κ2) is 5.95. The van der Waals surface area contributed by atoms with Crippen molar-refractivity contribution in [1.82, 2.24) is 9.97 Å². The standard InChI is InChI=1S/C12H12Cl2N4O/c1-19-10-4-7(2-3-16-10)6-17-12-9(14)5-8(13)11(15)18-12/h2-5H,6H2,1H3,(H3,15,17,18). The highest BCUT2D eigenvalue weighted by molar-refractivity contribution is 6.37. The van der Waals surface area contributed by atoms with E-state index in [-0.39, 0.29) is 5.82 Å². The number of hydrogen-bond acceptors (Lipinski definition) is 5. The minimum Gasteiger partial charge on any atom is -0.481 e. The number of halogens is 2. The lowest BCUT2D eigenvalue weighted by atomic mass is 10.2. The maximum atomic E-state index is 6.02. The normalized spacial score (nSPS) is 10.3. The van der Waals surface area contributed by atoms with Crippen LogP contribution in [0, 0.1) is 0 Å². The van der Waals surface area contributed by atoms with E-state index in [0.717, 1.165) is 5.56 Å². The number of aromatic nitrogens is 2. The van der Waals surface area contributed by atoms with Gasteiger partial charge in [-0.15, -0.1) is 0 Å². The lowest BCUT2D eigenvalue weighted by Crippen LogP contribution is -2.04. The molecule has 0 unspecified atom stereocenters. The number of nitrogens with one attached hydrogen (secondary N) is 1. The Morgan fingerprint density at radius 1 is 1.32 bits per heavy atom. The predicted octanol–water partition coefficient (Wildman–Crippen LogP) is 2.99. The van der Waals surface area contributed by atoms with Crippen molar-refractivity contribution < 1.29 is 4.74 Å². The first kappa shape index (κ1) is 13.7. The first-order valence-electron chi connectivity index (χ1n) is 5.44. The van der Waals surface area contributed by atoms with Crippen molar-refractivity contribution in [1.29, 1.82) is 0 Å². The smallest absolute Gasteiger partial charge is 0.213 e. The summed E-state index contributed by atoms with van der Waals surface area (Å²) in [6.07, 6.45) is 1.67. The minimum absolute atomic E-state index is 0.237. The number of nitrogens with two attached hydrogens (primary N) is 1. The topological polar surface area (TPSA) is 73.1 Å². The van der Waals surface area contributed by atoms with Crippen molar-refractivity contribution in [3.8, 4) is 5.88 Å². The van der Waals surface area contributed by atoms with E-state index in [1.807, 2.05) is 12.1 Å². The molecule has 0 atom stereocenters. The Morgan fingerprint density at radius 3 is 2.84 bits per heavy atom. The van der Waals surface area contributed by atoms with Gasteiger partial charge in [0.1, 0.15) is 11.6 Å². The van der Waals surface area contributed by atoms with Crippen molar-refractivity contribution in [2.24, 2.45) is 0 Å². The summed E-state index contributed by atoms with van der Waals surface area (Å²) in [5.74, 6) is 1.27. The summed E-state index contributed by atoms with van der Waals surface area (Å²) in [5, 5.41) is 3.83. The molecule has 0 aromatic carbocycles. The van der Waals surface area contributed by atoms with Crippen LogP contribution in [0.5, 0.6) is 5.88 Å². The fourth-order valence-electron chi connectivity index (χ4n) is 1.46. The van der Waals surface area contributed by atoms with Crippen molar-refractivity contribution in [2.45, 2.75) is 6.54 Å². The van der Waals surface area contributed by atoms with Gasteiger partial charge in [-0.1, -0.05) is 23.2 Å². The van der Waals surface area contributed by atoms with Crippen molar-refractivity contribution in [2.75, 3.05) is 18.2 Å². The molecule has 0 saturated heterocycles. The van der Waals surface area contributed by atoms with Gasteiger partial charge in [0, 0.05) is 18.8 Å². The summed E-state index contributed by atoms with van der Waals surface area (Å²) in [6.45, 7) is 0.521. The summed E-state index contributed by atoms with van der Waals surface area (Å²) < 4.78 is 5.05. The number of nitrogens with zero attached hydrogens (tertiary/aromatic N) is 2. The highest BCUT2D eigenvalue weighted by atomic mass is 35.5. The fraction of sp³-hybridized carbons (Fsp3) is 0.167. The third kappa shape index (κ3) is 3.39. The average Bonchev–Trinajstić information content (AvgIpc) is 2.41. The number of hydrogen-bond donors (Lipinski definition) is 2. The number of methoxy groups -OCH3 is 1. The Bertz CT molecular complexity index is 592. The van der Waals surface area contributed by atoms with Crippen LogP contribution >= 0.6 is 23.2 Å². The Kier molecular flexibility index (Phi) is 4.29. The van der Waals surface area contributed by atoms with Gasteiger partial charge >= 0.3 is 0 Å². The molecule has 0 aliphatic rings. The Morgan fingerprint density at radius 2 is 2.11 bits per heavy atom. The lowest BCUT2D eigenvalue weighted by Gasteiger charge is -2.09. The van der Waals surface area contributed by atoms with Crippen molar-refractivity contribution in [3.63, 3.8) is 0 Å². The van der Waals surface area contributed by atoms with Gasteiger partial charge in [0.2, 0.25) is 5.88 Å². The van der Waals surface area contributed by atoms with Crippen LogP contribution in [0.3, 0.4) is 0 Å². The molecular weight excluding hydrogens is 287 g/mol. The highest BCUT2D eigenvalue weighted by Crippen LogP contribution is 2.27. The molecule has 0 amide bonds. The predicted molar refractivity (Wildman–Crippen MR) is 76.8 cm³/mol. The zero-order valence-corrected chi connectivity index (χ0v) is 11.7. The van der Waals surface area contributed by atoms with Crippen LogP contribution in [0.1, 0.15) is 5.56 Å². The number of ether oxygens (including phenoxy) is 1. The van der Waals surface area contributed by atoms with Gasteiger partial charge < -0.3 is 15.8 Å². The maximum Gasteiger partial charge on any atom is 0.213 e. The molecule has 0 spiro atoms. The van der Waals surface area contributed by atoms with Gasteiger partial charge in [-0.2, -0.15) is 0 Å². The molecule has 100 valence electrons. The molecule has 2 aromatic rings. The van der Waals surface area contributed by atoms with Gasteiger partial charge in [0.25, 0.3) is 0 Å². The lowest BCUT2D eigenvalue weighted by molar-refractivity contribution is 0.397. The molecule has 0 radical (unpaired) electrons. The highest BCUT2D eigenvalue weighted by Gasteiger charge is 2.07. The van der Waals surface area contributed by atoms with Crippen LogP contribution in [0.2, 0.25) is 10.0 Å². The van der Waals surface area contributed by atoms with Crippen LogP contribution in [0.4, 0.5) is 11.6 Å². The average molecular weight is 299 g/mol. The number of anilines is 2. The van der Waals surface area contributed by atoms with Crippen LogP contribution in [-0.2, 0) is 6.54 Å². The second-order valence-corrected chi connectivity index (χ2v) is 4.56. The quantitative estimate of drug-likeness (QED) is 0.908. The van der Waals surface area contributed by atoms with E-state index in [0.29, 0.717) is 28.3 Å². The van der Waals surface area contributed by atoms with Crippen molar-refractivity contribution in [3.05, 3.63) is 40.0 Å². The SMILES string of the molecule is COc1cc(CNc2nc(N)c(Cl)cc2Cl)ccn1. The molecule has 2 rings (SSSR count). The monoisotopic (exact) mass is 298 g/mol. The summed E-state index contributed by atoms with van der Waals surface area (Å²) in [7, 11) is 1.57. The van der Waals surface area contributed by atoms with E-state index in [9.17, 15) is 0 Å². The molecule has 19 heavy (non-hydrogen) atoms. The molecular formula is C12H12Cl2N4O. The van der Waals surface area contributed by atoms with Gasteiger partial charge in [-0.3, -0.25) is 0 Å². The van der Waals surface area contributed by atoms with Crippen LogP contribution < -0.4 is 15.8 Å². The molecule has 3 N–H and O–H groups in total. The first-order chi connectivity index (χ1) is 9.10. The third-order valence-corrected chi connectivity index (χ3v) is 3.02. The van der Waals surface area contributed by atoms with Crippen LogP contribution in [0.25, 0.3) is 0 Å². The molecule has 5 nitrogen and oxygen atoms in total. The number of nitrogen functional groups attached to an aromatic ring is 1. The van der Waals surface area contributed by atoms with E-state index >= 15 is 0 Å². The zero-order valence-electron chi connectivity index (χ0n) is 10.2. The van der Waals surface area contributed by atoms with Gasteiger partial charge in [-0.25, -0.2) is 9.97 Å². The number of pyridine rings is 2. The zero-order chi connectivity index (χ0) is 13.8. The van der Waals surface area contributed by atoms with Gasteiger partial charge in [0.05, 0.1) is 17.2 Å². The largest absolute Gasteiger partial charge is 0.481 e. The van der Waals surface area contributed by atoms with E-state index in [4.69, 9.17) is 33.7 Å². The fourth-order valence-corrected chi connectivity index (χ4v) is 1.89. The molecule has 7 heteroatoms. The molecule has 0 saturated carbocycles. The Labute approximate surface area is 120 Å². The van der Waals surface area contributed by atoms with Gasteiger partial charge in [-0.05, 0) is 17.7 Å². The Hall–Kier alpha value is -1.72. The summed E-state index contributed by atoms with van der Waals surface area (Å²) in [5.41, 5.74) is 6.62. The van der Waals surface area contributed by atoms with E-state index in [2.05, 4.69) is 15.3 Å². The minimum atomic E-state index is 0.237. The molecule has 2 aromatic heterocycles. The molecule has 2 heterocycles. The maximum absolute atomic E-state index is 6.02. The van der Waals surface area contributed by atoms with E-state index in [1.165, 1.54) is 0 Å². The third-order valence-electron chi connectivity index (χ3n) is 2.42. The number of rotatable bonds is 4. The molecule has 0 bridgehead atoms. The van der Waals surface area contributed by atoms with Crippen LogP contribution in [0.15, 0.2) is 24.4 Å². The first-order valence-corrected chi connectivity index (χ1v) is 6.20. The van der Waals surface area contributed by atoms with E-state index in [1.54, 1.807) is 19.4 Å². The Balaban J connectivity index is 2.12. The molecule has 0 fully saturated rings. The van der Waals surface area contributed by atoms with Gasteiger partial charge in [0.15, 0.2) is 0 Å². The summed E-state index contributed by atoms with van der Waals surface area (Å²) >= 11 is 11.8.